The van der Waals surface area contributed by atoms with E-state index in [4.69, 9.17) is 11.6 Å². The van der Waals surface area contributed by atoms with Crippen LogP contribution in [0.15, 0.2) is 36.8 Å². The van der Waals surface area contributed by atoms with E-state index in [0.717, 1.165) is 11.3 Å². The number of imidazole rings is 1. The van der Waals surface area contributed by atoms with Gasteiger partial charge in [0.15, 0.2) is 0 Å². The van der Waals surface area contributed by atoms with Crippen LogP contribution in [0.4, 0.5) is 0 Å². The Hall–Kier alpha value is -1.81. The monoisotopic (exact) mass is 249 g/mol. The number of nitrogens with zero attached hydrogens (tertiary/aromatic N) is 1. The lowest BCUT2D eigenvalue weighted by Gasteiger charge is -2.06. The molecule has 88 valence electrons. The maximum Gasteiger partial charge on any atom is 0.226 e. The van der Waals surface area contributed by atoms with Crippen LogP contribution in [0.25, 0.3) is 0 Å². The standard InChI is InChI=1S/C12H12ClN3O/c13-11-4-2-1-3-9(11)6-15-12(17)5-10-7-14-8-16-10/h1-4,7-8H,5-6H2,(H,14,16)(H,15,17). The number of H-pyrrole nitrogens is 1. The molecule has 0 unspecified atom stereocenters. The number of amides is 1. The van der Waals surface area contributed by atoms with Gasteiger partial charge in [0.25, 0.3) is 0 Å². The molecule has 0 atom stereocenters. The SMILES string of the molecule is O=C(Cc1cnc[nH]1)NCc1ccccc1Cl. The zero-order valence-electron chi connectivity index (χ0n) is 9.11. The van der Waals surface area contributed by atoms with E-state index in [9.17, 15) is 4.79 Å². The number of rotatable bonds is 4. The number of carbonyl (C=O) groups is 1. The first-order valence-corrected chi connectivity index (χ1v) is 5.61. The number of aromatic amines is 1. The van der Waals surface area contributed by atoms with Crippen LogP contribution in [-0.4, -0.2) is 15.9 Å². The maximum absolute atomic E-state index is 11.6. The predicted octanol–water partition coefficient (Wildman–Crippen LogP) is 1.92. The Balaban J connectivity index is 1.86. The van der Waals surface area contributed by atoms with E-state index in [1.54, 1.807) is 18.6 Å². The Kier molecular flexibility index (Phi) is 3.77. The van der Waals surface area contributed by atoms with Gasteiger partial charge >= 0.3 is 0 Å². The Labute approximate surface area is 104 Å². The molecule has 1 aromatic heterocycles. The largest absolute Gasteiger partial charge is 0.352 e. The van der Waals surface area contributed by atoms with Gasteiger partial charge in [-0.1, -0.05) is 29.8 Å². The van der Waals surface area contributed by atoms with Crippen LogP contribution in [-0.2, 0) is 17.8 Å². The molecule has 0 radical (unpaired) electrons. The van der Waals surface area contributed by atoms with E-state index in [-0.39, 0.29) is 5.91 Å². The Bertz CT molecular complexity index is 496. The van der Waals surface area contributed by atoms with E-state index in [1.165, 1.54) is 0 Å². The third-order valence-electron chi connectivity index (χ3n) is 2.34. The van der Waals surface area contributed by atoms with Crippen molar-refractivity contribution in [2.24, 2.45) is 0 Å². The smallest absolute Gasteiger partial charge is 0.226 e. The minimum absolute atomic E-state index is 0.0610. The molecule has 0 aliphatic carbocycles. The van der Waals surface area contributed by atoms with Crippen molar-refractivity contribution in [1.29, 1.82) is 0 Å². The van der Waals surface area contributed by atoms with Crippen molar-refractivity contribution in [1.82, 2.24) is 15.3 Å². The number of hydrogen-bond acceptors (Lipinski definition) is 2. The quantitative estimate of drug-likeness (QED) is 0.870. The van der Waals surface area contributed by atoms with Gasteiger partial charge in [0, 0.05) is 23.5 Å². The van der Waals surface area contributed by atoms with E-state index in [2.05, 4.69) is 15.3 Å². The molecule has 0 spiro atoms. The first-order chi connectivity index (χ1) is 8.25. The van der Waals surface area contributed by atoms with Gasteiger partial charge in [-0.25, -0.2) is 4.98 Å². The lowest BCUT2D eigenvalue weighted by Crippen LogP contribution is -2.24. The highest BCUT2D eigenvalue weighted by atomic mass is 35.5. The van der Waals surface area contributed by atoms with Crippen LogP contribution in [0.5, 0.6) is 0 Å². The summed E-state index contributed by atoms with van der Waals surface area (Å²) in [4.78, 5) is 18.3. The maximum atomic E-state index is 11.6. The molecule has 4 nitrogen and oxygen atoms in total. The summed E-state index contributed by atoms with van der Waals surface area (Å²) in [6.07, 6.45) is 3.48. The summed E-state index contributed by atoms with van der Waals surface area (Å²) in [5, 5.41) is 3.47. The molecule has 1 aromatic carbocycles. The summed E-state index contributed by atoms with van der Waals surface area (Å²) in [5.41, 5.74) is 1.70. The van der Waals surface area contributed by atoms with Crippen LogP contribution < -0.4 is 5.32 Å². The van der Waals surface area contributed by atoms with Crippen LogP contribution in [0.2, 0.25) is 5.02 Å². The molecule has 0 saturated heterocycles. The number of halogens is 1. The molecular formula is C12H12ClN3O. The predicted molar refractivity (Wildman–Crippen MR) is 65.6 cm³/mol. The molecule has 0 saturated carbocycles. The van der Waals surface area contributed by atoms with Crippen molar-refractivity contribution in [3.05, 3.63) is 53.1 Å². The molecular weight excluding hydrogens is 238 g/mol. The second kappa shape index (κ2) is 5.50. The highest BCUT2D eigenvalue weighted by Crippen LogP contribution is 2.14. The third kappa shape index (κ3) is 3.32. The zero-order valence-corrected chi connectivity index (χ0v) is 9.87. The van der Waals surface area contributed by atoms with Crippen LogP contribution >= 0.6 is 11.6 Å². The molecule has 0 aliphatic heterocycles. The summed E-state index contributed by atoms with van der Waals surface area (Å²) in [5.74, 6) is -0.0610. The second-order valence-electron chi connectivity index (χ2n) is 3.62. The molecule has 17 heavy (non-hydrogen) atoms. The van der Waals surface area contributed by atoms with Crippen molar-refractivity contribution >= 4 is 17.5 Å². The van der Waals surface area contributed by atoms with Crippen LogP contribution in [0, 0.1) is 0 Å². The van der Waals surface area contributed by atoms with E-state index < -0.39 is 0 Å². The topological polar surface area (TPSA) is 57.8 Å². The fraction of sp³-hybridized carbons (Fsp3) is 0.167. The molecule has 0 aliphatic rings. The van der Waals surface area contributed by atoms with Crippen molar-refractivity contribution in [3.63, 3.8) is 0 Å². The van der Waals surface area contributed by atoms with Gasteiger partial charge in [-0.05, 0) is 11.6 Å². The first-order valence-electron chi connectivity index (χ1n) is 5.23. The summed E-state index contributed by atoms with van der Waals surface area (Å²) in [6.45, 7) is 0.437. The highest BCUT2D eigenvalue weighted by Gasteiger charge is 2.05. The van der Waals surface area contributed by atoms with Crippen LogP contribution in [0.1, 0.15) is 11.3 Å². The molecule has 0 fully saturated rings. The second-order valence-corrected chi connectivity index (χ2v) is 4.03. The average molecular weight is 250 g/mol. The summed E-state index contributed by atoms with van der Waals surface area (Å²) in [6, 6.07) is 7.44. The molecule has 5 heteroatoms. The Morgan fingerprint density at radius 2 is 2.24 bits per heavy atom. The van der Waals surface area contributed by atoms with Crippen molar-refractivity contribution in [2.45, 2.75) is 13.0 Å². The average Bonchev–Trinajstić information content (AvgIpc) is 2.81. The number of benzene rings is 1. The van der Waals surface area contributed by atoms with Crippen molar-refractivity contribution < 1.29 is 4.79 Å². The summed E-state index contributed by atoms with van der Waals surface area (Å²) in [7, 11) is 0. The van der Waals surface area contributed by atoms with Gasteiger partial charge in [0.05, 0.1) is 12.7 Å². The number of aromatic nitrogens is 2. The molecule has 1 heterocycles. The van der Waals surface area contributed by atoms with Gasteiger partial charge in [-0.2, -0.15) is 0 Å². The molecule has 2 N–H and O–H groups in total. The minimum atomic E-state index is -0.0610. The van der Waals surface area contributed by atoms with E-state index in [0.29, 0.717) is 18.0 Å². The fourth-order valence-corrected chi connectivity index (χ4v) is 1.65. The van der Waals surface area contributed by atoms with Gasteiger partial charge in [-0.3, -0.25) is 4.79 Å². The highest BCUT2D eigenvalue weighted by molar-refractivity contribution is 6.31. The van der Waals surface area contributed by atoms with Crippen LogP contribution in [0.3, 0.4) is 0 Å². The first kappa shape index (κ1) is 11.7. The minimum Gasteiger partial charge on any atom is -0.352 e. The summed E-state index contributed by atoms with van der Waals surface area (Å²) >= 11 is 5.98. The van der Waals surface area contributed by atoms with Gasteiger partial charge < -0.3 is 10.3 Å². The lowest BCUT2D eigenvalue weighted by molar-refractivity contribution is -0.120. The summed E-state index contributed by atoms with van der Waals surface area (Å²) < 4.78 is 0. The van der Waals surface area contributed by atoms with Gasteiger partial charge in [0.1, 0.15) is 0 Å². The Morgan fingerprint density at radius 1 is 1.41 bits per heavy atom. The normalized spacial score (nSPS) is 10.2. The van der Waals surface area contributed by atoms with E-state index in [1.807, 2.05) is 18.2 Å². The van der Waals surface area contributed by atoms with E-state index >= 15 is 0 Å². The van der Waals surface area contributed by atoms with Crippen molar-refractivity contribution in [3.8, 4) is 0 Å². The number of hydrogen-bond donors (Lipinski definition) is 2. The fourth-order valence-electron chi connectivity index (χ4n) is 1.45. The number of nitrogens with one attached hydrogen (secondary N) is 2. The van der Waals surface area contributed by atoms with Crippen molar-refractivity contribution in [2.75, 3.05) is 0 Å². The zero-order chi connectivity index (χ0) is 12.1. The molecule has 2 rings (SSSR count). The number of carbonyl (C=O) groups excluding carboxylic acids is 1. The molecule has 1 amide bonds. The van der Waals surface area contributed by atoms with Gasteiger partial charge in [0.2, 0.25) is 5.91 Å². The third-order valence-corrected chi connectivity index (χ3v) is 2.71. The van der Waals surface area contributed by atoms with Gasteiger partial charge in [-0.15, -0.1) is 0 Å². The Morgan fingerprint density at radius 3 is 2.94 bits per heavy atom. The lowest BCUT2D eigenvalue weighted by atomic mass is 10.2. The molecule has 0 bridgehead atoms. The molecule has 2 aromatic rings.